The van der Waals surface area contributed by atoms with Gasteiger partial charge >= 0.3 is 0 Å². The molecule has 0 atom stereocenters. The first-order chi connectivity index (χ1) is 9.92. The molecule has 0 aliphatic carbocycles. The van der Waals surface area contributed by atoms with E-state index in [0.717, 1.165) is 16.2 Å². The predicted octanol–water partition coefficient (Wildman–Crippen LogP) is 1.59. The molecule has 0 saturated carbocycles. The van der Waals surface area contributed by atoms with Crippen LogP contribution >= 0.6 is 11.3 Å². The molecule has 1 aromatic carbocycles. The normalized spacial score (nSPS) is 11.5. The van der Waals surface area contributed by atoms with Crippen molar-refractivity contribution in [1.82, 2.24) is 4.72 Å². The number of nitrogens with two attached hydrogens (primary N) is 1. The van der Waals surface area contributed by atoms with Gasteiger partial charge in [-0.15, -0.1) is 11.3 Å². The third-order valence-corrected chi connectivity index (χ3v) is 5.69. The summed E-state index contributed by atoms with van der Waals surface area (Å²) in [6.07, 6.45) is 0. The van der Waals surface area contributed by atoms with Crippen molar-refractivity contribution >= 4 is 27.0 Å². The van der Waals surface area contributed by atoms with Gasteiger partial charge in [0.1, 0.15) is 4.21 Å². The van der Waals surface area contributed by atoms with E-state index in [1.165, 1.54) is 24.3 Å². The van der Waals surface area contributed by atoms with Crippen molar-refractivity contribution in [1.29, 1.82) is 0 Å². The Morgan fingerprint density at radius 2 is 2.05 bits per heavy atom. The van der Waals surface area contributed by atoms with Crippen LogP contribution in [-0.4, -0.2) is 13.3 Å². The zero-order valence-corrected chi connectivity index (χ0v) is 12.5. The first-order valence-corrected chi connectivity index (χ1v) is 8.24. The average molecular weight is 327 g/mol. The highest BCUT2D eigenvalue weighted by molar-refractivity contribution is 7.91. The molecule has 0 aliphatic rings. The Balaban J connectivity index is 2.11. The lowest BCUT2D eigenvalue weighted by Crippen LogP contribution is -2.22. The maximum absolute atomic E-state index is 12.1. The Hall–Kier alpha value is -1.81. The Morgan fingerprint density at radius 1 is 1.29 bits per heavy atom. The van der Waals surface area contributed by atoms with E-state index in [4.69, 9.17) is 5.73 Å². The van der Waals surface area contributed by atoms with Crippen molar-refractivity contribution in [3.8, 4) is 0 Å². The highest BCUT2D eigenvalue weighted by Gasteiger charge is 2.16. The zero-order valence-electron chi connectivity index (χ0n) is 10.9. The van der Waals surface area contributed by atoms with Gasteiger partial charge in [0.05, 0.1) is 4.92 Å². The topological polar surface area (TPSA) is 115 Å². The second-order valence-corrected chi connectivity index (χ2v) is 7.34. The number of nitrogens with zero attached hydrogens (tertiary/aromatic N) is 1. The molecule has 0 spiro atoms. The molecule has 0 radical (unpaired) electrons. The molecule has 2 rings (SSSR count). The van der Waals surface area contributed by atoms with E-state index < -0.39 is 14.9 Å². The summed E-state index contributed by atoms with van der Waals surface area (Å²) >= 11 is 1.10. The van der Waals surface area contributed by atoms with Crippen LogP contribution in [0, 0.1) is 10.1 Å². The Morgan fingerprint density at radius 3 is 2.67 bits per heavy atom. The quantitative estimate of drug-likeness (QED) is 0.617. The van der Waals surface area contributed by atoms with Gasteiger partial charge in [0.2, 0.25) is 10.0 Å². The summed E-state index contributed by atoms with van der Waals surface area (Å²) in [7, 11) is -3.64. The molecule has 1 aromatic heterocycles. The summed E-state index contributed by atoms with van der Waals surface area (Å²) in [5.74, 6) is 0. The van der Waals surface area contributed by atoms with Gasteiger partial charge in [0, 0.05) is 30.1 Å². The molecule has 0 fully saturated rings. The number of benzene rings is 1. The van der Waals surface area contributed by atoms with Crippen molar-refractivity contribution in [3.63, 3.8) is 0 Å². The predicted molar refractivity (Wildman–Crippen MR) is 79.3 cm³/mol. The Bertz CT molecular complexity index is 755. The number of non-ortho nitro benzene ring substituents is 1. The van der Waals surface area contributed by atoms with Crippen LogP contribution in [0.2, 0.25) is 0 Å². The molecule has 112 valence electrons. The molecule has 2 aromatic rings. The van der Waals surface area contributed by atoms with Crippen LogP contribution in [0.15, 0.2) is 40.6 Å². The average Bonchev–Trinajstić information content (AvgIpc) is 2.95. The lowest BCUT2D eigenvalue weighted by atomic mass is 10.2. The second kappa shape index (κ2) is 6.31. The molecule has 0 aliphatic heterocycles. The van der Waals surface area contributed by atoms with E-state index in [0.29, 0.717) is 5.56 Å². The van der Waals surface area contributed by atoms with E-state index >= 15 is 0 Å². The molecule has 0 saturated heterocycles. The van der Waals surface area contributed by atoms with Crippen molar-refractivity contribution < 1.29 is 13.3 Å². The van der Waals surface area contributed by atoms with Gasteiger partial charge in [-0.2, -0.15) is 0 Å². The fourth-order valence-electron chi connectivity index (χ4n) is 1.64. The van der Waals surface area contributed by atoms with Crippen LogP contribution in [0.3, 0.4) is 0 Å². The summed E-state index contributed by atoms with van der Waals surface area (Å²) in [5.41, 5.74) is 5.89. The molecule has 1 heterocycles. The number of hydrogen-bond acceptors (Lipinski definition) is 6. The molecule has 0 unspecified atom stereocenters. The number of nitro benzene ring substituents is 1. The highest BCUT2D eigenvalue weighted by Crippen LogP contribution is 2.21. The van der Waals surface area contributed by atoms with Crippen LogP contribution in [0.1, 0.15) is 10.4 Å². The molecule has 0 amide bonds. The van der Waals surface area contributed by atoms with Crippen LogP contribution < -0.4 is 10.5 Å². The molecule has 0 bridgehead atoms. The van der Waals surface area contributed by atoms with E-state index in [9.17, 15) is 18.5 Å². The largest absolute Gasteiger partial charge is 0.326 e. The molecule has 3 N–H and O–H groups in total. The highest BCUT2D eigenvalue weighted by atomic mass is 32.2. The molecule has 9 heteroatoms. The summed E-state index contributed by atoms with van der Waals surface area (Å²) in [6, 6.07) is 8.97. The Labute approximate surface area is 125 Å². The SMILES string of the molecule is NCc1ccc(S(=O)(=O)NCc2cccc([N+](=O)[O-])c2)s1. The number of rotatable bonds is 6. The Kier molecular flexibility index (Phi) is 4.68. The fourth-order valence-corrected chi connectivity index (χ4v) is 3.94. The molecule has 21 heavy (non-hydrogen) atoms. The number of sulfonamides is 1. The van der Waals surface area contributed by atoms with Crippen LogP contribution in [0.4, 0.5) is 5.69 Å². The van der Waals surface area contributed by atoms with Crippen LogP contribution in [-0.2, 0) is 23.1 Å². The summed E-state index contributed by atoms with van der Waals surface area (Å²) in [4.78, 5) is 10.9. The van der Waals surface area contributed by atoms with E-state index in [1.807, 2.05) is 0 Å². The number of nitro groups is 1. The zero-order chi connectivity index (χ0) is 15.5. The third-order valence-electron chi connectivity index (χ3n) is 2.69. The van der Waals surface area contributed by atoms with Gasteiger partial charge in [-0.05, 0) is 17.7 Å². The van der Waals surface area contributed by atoms with E-state index in [1.54, 1.807) is 12.1 Å². The minimum atomic E-state index is -3.64. The standard InChI is InChI=1S/C12H13N3O4S2/c13-7-11-4-5-12(20-11)21(18,19)14-8-9-2-1-3-10(6-9)15(16)17/h1-6,14H,7-8,13H2. The number of thiophene rings is 1. The molecular formula is C12H13N3O4S2. The molecule has 7 nitrogen and oxygen atoms in total. The van der Waals surface area contributed by atoms with Crippen LogP contribution in [0.5, 0.6) is 0 Å². The molecular weight excluding hydrogens is 314 g/mol. The van der Waals surface area contributed by atoms with Crippen molar-refractivity contribution in [2.75, 3.05) is 0 Å². The van der Waals surface area contributed by atoms with E-state index in [-0.39, 0.29) is 23.0 Å². The lowest BCUT2D eigenvalue weighted by molar-refractivity contribution is -0.384. The van der Waals surface area contributed by atoms with Gasteiger partial charge in [-0.25, -0.2) is 13.1 Å². The van der Waals surface area contributed by atoms with Gasteiger partial charge in [0.25, 0.3) is 5.69 Å². The lowest BCUT2D eigenvalue weighted by Gasteiger charge is -2.04. The first-order valence-electron chi connectivity index (χ1n) is 5.94. The summed E-state index contributed by atoms with van der Waals surface area (Å²) in [6.45, 7) is 0.269. The van der Waals surface area contributed by atoms with Gasteiger partial charge < -0.3 is 5.73 Å². The summed E-state index contributed by atoms with van der Waals surface area (Å²) < 4.78 is 26.7. The van der Waals surface area contributed by atoms with E-state index in [2.05, 4.69) is 4.72 Å². The second-order valence-electron chi connectivity index (χ2n) is 4.18. The number of nitrogens with one attached hydrogen (secondary N) is 1. The minimum absolute atomic E-state index is 0.0140. The monoisotopic (exact) mass is 327 g/mol. The van der Waals surface area contributed by atoms with Crippen LogP contribution in [0.25, 0.3) is 0 Å². The maximum Gasteiger partial charge on any atom is 0.269 e. The van der Waals surface area contributed by atoms with Crippen molar-refractivity contribution in [2.24, 2.45) is 5.73 Å². The first kappa shape index (κ1) is 15.6. The van der Waals surface area contributed by atoms with Crippen molar-refractivity contribution in [3.05, 3.63) is 57.0 Å². The number of hydrogen-bond donors (Lipinski definition) is 2. The minimum Gasteiger partial charge on any atom is -0.326 e. The van der Waals surface area contributed by atoms with Crippen molar-refractivity contribution in [2.45, 2.75) is 17.3 Å². The smallest absolute Gasteiger partial charge is 0.269 e. The third kappa shape index (κ3) is 3.85. The van der Waals surface area contributed by atoms with Gasteiger partial charge in [-0.3, -0.25) is 10.1 Å². The fraction of sp³-hybridized carbons (Fsp3) is 0.167. The summed E-state index contributed by atoms with van der Waals surface area (Å²) in [5, 5.41) is 10.7. The van der Waals surface area contributed by atoms with Gasteiger partial charge in [-0.1, -0.05) is 12.1 Å². The van der Waals surface area contributed by atoms with Gasteiger partial charge in [0.15, 0.2) is 0 Å². The maximum atomic E-state index is 12.1.